The number of aromatic nitrogens is 4. The molecular formula is C19H26N6O2. The number of hydrogen-bond donors (Lipinski definition) is 3. The molecule has 27 heavy (non-hydrogen) atoms. The molecule has 8 nitrogen and oxygen atoms in total. The highest BCUT2D eigenvalue weighted by atomic mass is 16.5. The Labute approximate surface area is 158 Å². The van der Waals surface area contributed by atoms with E-state index in [1.54, 1.807) is 19.5 Å². The van der Waals surface area contributed by atoms with E-state index in [1.807, 2.05) is 17.8 Å². The van der Waals surface area contributed by atoms with Gasteiger partial charge in [0.05, 0.1) is 19.0 Å². The molecule has 6 rings (SSSR count). The number of rotatable bonds is 5. The third-order valence-electron chi connectivity index (χ3n) is 6.41. The molecular weight excluding hydrogens is 344 g/mol. The molecule has 2 atom stereocenters. The van der Waals surface area contributed by atoms with Crippen molar-refractivity contribution in [2.45, 2.75) is 43.7 Å². The molecule has 4 bridgehead atoms. The topological polar surface area (TPSA) is 97.1 Å². The quantitative estimate of drug-likeness (QED) is 0.743. The Balaban J connectivity index is 1.38. The van der Waals surface area contributed by atoms with Crippen LogP contribution in [0.15, 0.2) is 18.6 Å². The molecule has 144 valence electrons. The second-order valence-electron chi connectivity index (χ2n) is 8.53. The van der Waals surface area contributed by atoms with Gasteiger partial charge in [-0.1, -0.05) is 0 Å². The van der Waals surface area contributed by atoms with E-state index >= 15 is 0 Å². The van der Waals surface area contributed by atoms with Crippen LogP contribution in [0.2, 0.25) is 0 Å². The molecule has 0 radical (unpaired) electrons. The summed E-state index contributed by atoms with van der Waals surface area (Å²) in [6, 6.07) is 2.08. The van der Waals surface area contributed by atoms with Crippen LogP contribution in [0.25, 0.3) is 0 Å². The predicted molar refractivity (Wildman–Crippen MR) is 101 cm³/mol. The van der Waals surface area contributed by atoms with Crippen LogP contribution in [-0.4, -0.2) is 43.4 Å². The van der Waals surface area contributed by atoms with Crippen molar-refractivity contribution in [1.29, 1.82) is 0 Å². The third kappa shape index (κ3) is 3.12. The van der Waals surface area contributed by atoms with Crippen molar-refractivity contribution in [3.63, 3.8) is 0 Å². The summed E-state index contributed by atoms with van der Waals surface area (Å²) in [7, 11) is 3.53. The van der Waals surface area contributed by atoms with Gasteiger partial charge in [0.1, 0.15) is 11.6 Å². The number of nitrogens with zero attached hydrogens (tertiary/aromatic N) is 4. The molecule has 2 unspecified atom stereocenters. The van der Waals surface area contributed by atoms with Gasteiger partial charge in [-0.05, 0) is 49.9 Å². The first kappa shape index (κ1) is 16.8. The number of hydrogen-bond acceptors (Lipinski definition) is 7. The molecule has 4 aliphatic carbocycles. The van der Waals surface area contributed by atoms with Crippen LogP contribution in [-0.2, 0) is 7.05 Å². The standard InChI is InChI=1S/C19H26N6O2/c1-25-9-15(20-10-25)21-14-5-16(27-2)23-18(22-14)24-17-12-3-11-4-13(17)8-19(26,6-11)7-12/h5,9-13,17,26H,3-4,6-8H2,1-2H3,(H2,21,22,23,24). The Morgan fingerprint density at radius 3 is 2.59 bits per heavy atom. The van der Waals surface area contributed by atoms with Crippen LogP contribution >= 0.6 is 0 Å². The lowest BCUT2D eigenvalue weighted by Crippen LogP contribution is -2.59. The lowest BCUT2D eigenvalue weighted by molar-refractivity contribution is -0.129. The number of nitrogens with one attached hydrogen (secondary N) is 2. The van der Waals surface area contributed by atoms with E-state index in [0.717, 1.165) is 25.1 Å². The minimum atomic E-state index is -0.435. The zero-order chi connectivity index (χ0) is 18.6. The molecule has 0 saturated heterocycles. The first-order chi connectivity index (χ1) is 13.0. The van der Waals surface area contributed by atoms with Gasteiger partial charge in [0.25, 0.3) is 0 Å². The highest BCUT2D eigenvalue weighted by molar-refractivity contribution is 5.54. The molecule has 2 aromatic rings. The van der Waals surface area contributed by atoms with Gasteiger partial charge in [-0.3, -0.25) is 0 Å². The summed E-state index contributed by atoms with van der Waals surface area (Å²) in [5.41, 5.74) is -0.435. The van der Waals surface area contributed by atoms with Gasteiger partial charge < -0.3 is 25.0 Å². The summed E-state index contributed by atoms with van der Waals surface area (Å²) in [4.78, 5) is 13.4. The van der Waals surface area contributed by atoms with Gasteiger partial charge >= 0.3 is 0 Å². The number of anilines is 3. The first-order valence-corrected chi connectivity index (χ1v) is 9.67. The van der Waals surface area contributed by atoms with E-state index < -0.39 is 5.60 Å². The van der Waals surface area contributed by atoms with Gasteiger partial charge in [-0.2, -0.15) is 9.97 Å². The van der Waals surface area contributed by atoms with E-state index in [2.05, 4.69) is 25.6 Å². The molecule has 2 aromatic heterocycles. The summed E-state index contributed by atoms with van der Waals surface area (Å²) in [5.74, 6) is 4.10. The second-order valence-corrected chi connectivity index (χ2v) is 8.53. The fourth-order valence-corrected chi connectivity index (χ4v) is 5.63. The van der Waals surface area contributed by atoms with Gasteiger partial charge in [0, 0.05) is 25.4 Å². The summed E-state index contributed by atoms with van der Waals surface area (Å²) in [6.45, 7) is 0. The van der Waals surface area contributed by atoms with E-state index in [4.69, 9.17) is 4.74 Å². The maximum absolute atomic E-state index is 10.8. The lowest BCUT2D eigenvalue weighted by atomic mass is 9.52. The summed E-state index contributed by atoms with van der Waals surface area (Å²) in [6.07, 6.45) is 8.78. The smallest absolute Gasteiger partial charge is 0.228 e. The van der Waals surface area contributed by atoms with Crippen molar-refractivity contribution in [1.82, 2.24) is 19.5 Å². The number of ether oxygens (including phenoxy) is 1. The van der Waals surface area contributed by atoms with E-state index in [1.165, 1.54) is 12.8 Å². The molecule has 0 aliphatic heterocycles. The number of aryl methyl sites for hydroxylation is 1. The van der Waals surface area contributed by atoms with Gasteiger partial charge in [-0.15, -0.1) is 0 Å². The molecule has 2 heterocycles. The van der Waals surface area contributed by atoms with Crippen LogP contribution in [0.1, 0.15) is 32.1 Å². The monoisotopic (exact) mass is 370 g/mol. The summed E-state index contributed by atoms with van der Waals surface area (Å²) >= 11 is 0. The maximum atomic E-state index is 10.8. The van der Waals surface area contributed by atoms with Crippen LogP contribution in [0.4, 0.5) is 17.6 Å². The number of aliphatic hydroxyl groups is 1. The zero-order valence-corrected chi connectivity index (χ0v) is 15.7. The van der Waals surface area contributed by atoms with Crippen LogP contribution in [0.3, 0.4) is 0 Å². The Hall–Kier alpha value is -2.35. The van der Waals surface area contributed by atoms with Crippen molar-refractivity contribution in [2.75, 3.05) is 17.7 Å². The Morgan fingerprint density at radius 1 is 1.19 bits per heavy atom. The molecule has 0 aromatic carbocycles. The Bertz CT molecular complexity index is 836. The van der Waals surface area contributed by atoms with Crippen LogP contribution in [0, 0.1) is 17.8 Å². The molecule has 4 aliphatic rings. The molecule has 0 spiro atoms. The molecule has 8 heteroatoms. The SMILES string of the molecule is COc1cc(Nc2cn(C)cn2)nc(NC2C3CC4CC2CC(O)(C4)C3)n1. The molecule has 4 fully saturated rings. The van der Waals surface area contributed by atoms with Crippen LogP contribution < -0.4 is 15.4 Å². The average molecular weight is 370 g/mol. The highest BCUT2D eigenvalue weighted by Gasteiger charge is 2.54. The predicted octanol–water partition coefficient (Wildman–Crippen LogP) is 2.31. The van der Waals surface area contributed by atoms with E-state index in [-0.39, 0.29) is 0 Å². The first-order valence-electron chi connectivity index (χ1n) is 9.67. The molecule has 4 saturated carbocycles. The van der Waals surface area contributed by atoms with Crippen molar-refractivity contribution in [3.05, 3.63) is 18.6 Å². The zero-order valence-electron chi connectivity index (χ0n) is 15.7. The fourth-order valence-electron chi connectivity index (χ4n) is 5.63. The van der Waals surface area contributed by atoms with Crippen molar-refractivity contribution in [2.24, 2.45) is 24.8 Å². The van der Waals surface area contributed by atoms with Gasteiger partial charge in [-0.25, -0.2) is 4.98 Å². The fraction of sp³-hybridized carbons (Fsp3) is 0.632. The van der Waals surface area contributed by atoms with Crippen molar-refractivity contribution in [3.8, 4) is 5.88 Å². The second kappa shape index (κ2) is 6.09. The van der Waals surface area contributed by atoms with E-state index in [9.17, 15) is 5.11 Å². The normalized spacial score (nSPS) is 33.9. The maximum Gasteiger partial charge on any atom is 0.228 e. The number of methoxy groups -OCH3 is 1. The minimum absolute atomic E-state index is 0.316. The number of imidazole rings is 1. The minimum Gasteiger partial charge on any atom is -0.481 e. The molecule has 3 N–H and O–H groups in total. The van der Waals surface area contributed by atoms with Crippen LogP contribution in [0.5, 0.6) is 5.88 Å². The summed E-state index contributed by atoms with van der Waals surface area (Å²) < 4.78 is 7.24. The lowest BCUT2D eigenvalue weighted by Gasteiger charge is -2.58. The average Bonchev–Trinajstić information content (AvgIpc) is 3.01. The van der Waals surface area contributed by atoms with E-state index in [0.29, 0.717) is 41.4 Å². The Kier molecular flexibility index (Phi) is 3.79. The summed E-state index contributed by atoms with van der Waals surface area (Å²) in [5, 5.41) is 17.6. The van der Waals surface area contributed by atoms with Crippen molar-refractivity contribution >= 4 is 17.6 Å². The third-order valence-corrected chi connectivity index (χ3v) is 6.41. The van der Waals surface area contributed by atoms with Gasteiger partial charge in [0.15, 0.2) is 0 Å². The van der Waals surface area contributed by atoms with Crippen molar-refractivity contribution < 1.29 is 9.84 Å². The highest BCUT2D eigenvalue weighted by Crippen LogP contribution is 2.56. The van der Waals surface area contributed by atoms with Gasteiger partial charge in [0.2, 0.25) is 11.8 Å². The Morgan fingerprint density at radius 2 is 1.96 bits per heavy atom. The molecule has 0 amide bonds. The largest absolute Gasteiger partial charge is 0.481 e.